The van der Waals surface area contributed by atoms with Gasteiger partial charge in [-0.15, -0.1) is 0 Å². The molecule has 1 atom stereocenters. The molecular formula is C18H18Cl2N2O3. The topological polar surface area (TPSA) is 68.3 Å². The van der Waals surface area contributed by atoms with Crippen molar-refractivity contribution in [3.05, 3.63) is 63.9 Å². The largest absolute Gasteiger partial charge is 0.452 e. The van der Waals surface area contributed by atoms with E-state index in [-0.39, 0.29) is 34.4 Å². The second-order valence-corrected chi connectivity index (χ2v) is 6.34. The maximum atomic E-state index is 11.9. The predicted molar refractivity (Wildman–Crippen MR) is 96.9 cm³/mol. The van der Waals surface area contributed by atoms with Gasteiger partial charge in [0.2, 0.25) is 0 Å². The zero-order valence-corrected chi connectivity index (χ0v) is 15.2. The van der Waals surface area contributed by atoms with Gasteiger partial charge in [-0.3, -0.25) is 4.79 Å². The Bertz CT molecular complexity index is 718. The minimum Gasteiger partial charge on any atom is -0.452 e. The summed E-state index contributed by atoms with van der Waals surface area (Å²) in [6.07, 6.45) is 1.65. The maximum Gasteiger partial charge on any atom is 0.338 e. The third-order valence-corrected chi connectivity index (χ3v) is 3.84. The number of hydrogen-bond acceptors (Lipinski definition) is 4. The van der Waals surface area contributed by atoms with Crippen molar-refractivity contribution in [1.82, 2.24) is 10.3 Å². The fourth-order valence-corrected chi connectivity index (χ4v) is 2.67. The van der Waals surface area contributed by atoms with E-state index in [0.29, 0.717) is 0 Å². The Morgan fingerprint density at radius 1 is 1.16 bits per heavy atom. The summed E-state index contributed by atoms with van der Waals surface area (Å²) in [4.78, 5) is 27.5. The molecule has 2 aromatic rings. The number of ether oxygens (including phenoxy) is 1. The Hall–Kier alpha value is -2.11. The van der Waals surface area contributed by atoms with E-state index in [4.69, 9.17) is 27.9 Å². The molecule has 132 valence electrons. The summed E-state index contributed by atoms with van der Waals surface area (Å²) in [5.74, 6) is -1.04. The second kappa shape index (κ2) is 9.39. The van der Waals surface area contributed by atoms with Crippen LogP contribution in [0.3, 0.4) is 0 Å². The van der Waals surface area contributed by atoms with Gasteiger partial charge in [0.15, 0.2) is 6.61 Å². The number of amides is 1. The molecule has 0 radical (unpaired) electrons. The minimum absolute atomic E-state index is 0.0313. The van der Waals surface area contributed by atoms with Crippen LogP contribution in [0.4, 0.5) is 0 Å². The molecule has 2 rings (SSSR count). The molecule has 0 unspecified atom stereocenters. The van der Waals surface area contributed by atoms with Crippen LogP contribution in [-0.2, 0) is 16.0 Å². The normalized spacial score (nSPS) is 11.6. The third-order valence-electron chi connectivity index (χ3n) is 3.45. The Kier molecular flexibility index (Phi) is 7.22. The monoisotopic (exact) mass is 380 g/mol. The highest BCUT2D eigenvalue weighted by Gasteiger charge is 2.14. The molecule has 0 aliphatic rings. The summed E-state index contributed by atoms with van der Waals surface area (Å²) < 4.78 is 4.97. The lowest BCUT2D eigenvalue weighted by Crippen LogP contribution is -2.36. The zero-order chi connectivity index (χ0) is 18.2. The number of esters is 1. The van der Waals surface area contributed by atoms with E-state index in [1.807, 2.05) is 37.3 Å². The second-order valence-electron chi connectivity index (χ2n) is 5.57. The molecule has 1 heterocycles. The molecule has 25 heavy (non-hydrogen) atoms. The van der Waals surface area contributed by atoms with Crippen LogP contribution >= 0.6 is 23.2 Å². The predicted octanol–water partition coefficient (Wildman–Crippen LogP) is 3.68. The van der Waals surface area contributed by atoms with Crippen LogP contribution in [-0.4, -0.2) is 29.5 Å². The molecule has 0 saturated heterocycles. The smallest absolute Gasteiger partial charge is 0.338 e. The summed E-state index contributed by atoms with van der Waals surface area (Å²) >= 11 is 11.5. The lowest BCUT2D eigenvalue weighted by atomic mass is 10.1. The van der Waals surface area contributed by atoms with Crippen molar-refractivity contribution in [3.63, 3.8) is 0 Å². The summed E-state index contributed by atoms with van der Waals surface area (Å²) in [6.45, 7) is 1.54. The SMILES string of the molecule is C[C@H](CCc1ccccc1)NC(=O)COC(=O)c1cc(Cl)nc(Cl)c1. The summed E-state index contributed by atoms with van der Waals surface area (Å²) in [7, 11) is 0. The third kappa shape index (κ3) is 6.72. The standard InChI is InChI=1S/C18H18Cl2N2O3/c1-12(7-8-13-5-3-2-4-6-13)21-17(23)11-25-18(24)14-9-15(19)22-16(20)10-14/h2-6,9-10,12H,7-8,11H2,1H3,(H,21,23)/t12-/m1/s1. The van der Waals surface area contributed by atoms with Crippen molar-refractivity contribution in [3.8, 4) is 0 Å². The van der Waals surface area contributed by atoms with Gasteiger partial charge in [-0.05, 0) is 37.5 Å². The number of rotatable bonds is 7. The summed E-state index contributed by atoms with van der Waals surface area (Å²) in [5, 5.41) is 2.96. The van der Waals surface area contributed by atoms with E-state index >= 15 is 0 Å². The lowest BCUT2D eigenvalue weighted by Gasteiger charge is -2.14. The number of aryl methyl sites for hydroxylation is 1. The quantitative estimate of drug-likeness (QED) is 0.587. The van der Waals surface area contributed by atoms with Gasteiger partial charge in [-0.2, -0.15) is 0 Å². The molecule has 1 aromatic heterocycles. The van der Waals surface area contributed by atoms with E-state index in [0.717, 1.165) is 12.8 Å². The van der Waals surface area contributed by atoms with Crippen LogP contribution in [0.25, 0.3) is 0 Å². The molecule has 0 saturated carbocycles. The first kappa shape index (κ1) is 19.2. The molecule has 0 bridgehead atoms. The number of pyridine rings is 1. The van der Waals surface area contributed by atoms with Gasteiger partial charge in [-0.25, -0.2) is 9.78 Å². The molecule has 7 heteroatoms. The van der Waals surface area contributed by atoms with Crippen LogP contribution in [0.2, 0.25) is 10.3 Å². The number of carbonyl (C=O) groups excluding carboxylic acids is 2. The lowest BCUT2D eigenvalue weighted by molar-refractivity contribution is -0.124. The van der Waals surface area contributed by atoms with Crippen LogP contribution in [0.5, 0.6) is 0 Å². The fourth-order valence-electron chi connectivity index (χ4n) is 2.21. The van der Waals surface area contributed by atoms with Crippen molar-refractivity contribution in [2.24, 2.45) is 0 Å². The first-order chi connectivity index (χ1) is 11.9. The average Bonchev–Trinajstić information content (AvgIpc) is 2.58. The van der Waals surface area contributed by atoms with Gasteiger partial charge in [0.1, 0.15) is 10.3 Å². The highest BCUT2D eigenvalue weighted by molar-refractivity contribution is 6.32. The maximum absolute atomic E-state index is 11.9. The van der Waals surface area contributed by atoms with Crippen molar-refractivity contribution in [2.75, 3.05) is 6.61 Å². The fraction of sp³-hybridized carbons (Fsp3) is 0.278. The number of benzene rings is 1. The Labute approximate surface area is 156 Å². The molecule has 5 nitrogen and oxygen atoms in total. The number of nitrogens with one attached hydrogen (secondary N) is 1. The minimum atomic E-state index is -0.682. The zero-order valence-electron chi connectivity index (χ0n) is 13.7. The summed E-state index contributed by atoms with van der Waals surface area (Å²) in [6, 6.07) is 12.6. The van der Waals surface area contributed by atoms with Gasteiger partial charge >= 0.3 is 5.97 Å². The van der Waals surface area contributed by atoms with Gasteiger partial charge in [0, 0.05) is 6.04 Å². The van der Waals surface area contributed by atoms with Gasteiger partial charge in [0.05, 0.1) is 5.56 Å². The van der Waals surface area contributed by atoms with E-state index in [1.54, 1.807) is 0 Å². The number of hydrogen-bond donors (Lipinski definition) is 1. The number of halogens is 2. The van der Waals surface area contributed by atoms with E-state index in [2.05, 4.69) is 10.3 Å². The van der Waals surface area contributed by atoms with Gasteiger partial charge in [-0.1, -0.05) is 53.5 Å². The molecule has 0 spiro atoms. The van der Waals surface area contributed by atoms with Crippen molar-refractivity contribution in [2.45, 2.75) is 25.8 Å². The first-order valence-electron chi connectivity index (χ1n) is 7.77. The Morgan fingerprint density at radius 3 is 2.44 bits per heavy atom. The molecule has 0 fully saturated rings. The molecule has 0 aliphatic carbocycles. The van der Waals surface area contributed by atoms with Crippen LogP contribution in [0.1, 0.15) is 29.3 Å². The Morgan fingerprint density at radius 2 is 1.80 bits per heavy atom. The molecule has 0 aliphatic heterocycles. The molecular weight excluding hydrogens is 363 g/mol. The van der Waals surface area contributed by atoms with Crippen molar-refractivity contribution < 1.29 is 14.3 Å². The Balaban J connectivity index is 1.75. The number of nitrogens with zero attached hydrogens (tertiary/aromatic N) is 1. The van der Waals surface area contributed by atoms with Crippen LogP contribution < -0.4 is 5.32 Å². The molecule has 1 N–H and O–H groups in total. The van der Waals surface area contributed by atoms with E-state index in [1.165, 1.54) is 17.7 Å². The van der Waals surface area contributed by atoms with Crippen LogP contribution in [0, 0.1) is 0 Å². The van der Waals surface area contributed by atoms with Gasteiger partial charge < -0.3 is 10.1 Å². The highest BCUT2D eigenvalue weighted by Crippen LogP contribution is 2.15. The van der Waals surface area contributed by atoms with E-state index in [9.17, 15) is 9.59 Å². The molecule has 1 amide bonds. The first-order valence-corrected chi connectivity index (χ1v) is 8.53. The molecule has 1 aromatic carbocycles. The number of aromatic nitrogens is 1. The average molecular weight is 381 g/mol. The van der Waals surface area contributed by atoms with E-state index < -0.39 is 5.97 Å². The highest BCUT2D eigenvalue weighted by atomic mass is 35.5. The van der Waals surface area contributed by atoms with Gasteiger partial charge in [0.25, 0.3) is 5.91 Å². The number of carbonyl (C=O) groups is 2. The van der Waals surface area contributed by atoms with Crippen molar-refractivity contribution in [1.29, 1.82) is 0 Å². The van der Waals surface area contributed by atoms with Crippen molar-refractivity contribution >= 4 is 35.1 Å². The summed E-state index contributed by atoms with van der Waals surface area (Å²) in [5.41, 5.74) is 1.36. The van der Waals surface area contributed by atoms with Crippen LogP contribution in [0.15, 0.2) is 42.5 Å².